The van der Waals surface area contributed by atoms with E-state index in [0.29, 0.717) is 22.7 Å². The van der Waals surface area contributed by atoms with Gasteiger partial charge in [-0.15, -0.1) is 0 Å². The molecule has 0 radical (unpaired) electrons. The molecule has 3 heterocycles. The van der Waals surface area contributed by atoms with Gasteiger partial charge in [0.2, 0.25) is 0 Å². The number of amides is 1. The highest BCUT2D eigenvalue weighted by Crippen LogP contribution is 2.30. The molecule has 2 aromatic rings. The van der Waals surface area contributed by atoms with Crippen LogP contribution in [0.15, 0.2) is 30.3 Å². The number of carbonyl (C=O) groups is 1. The molecule has 2 saturated heterocycles. The van der Waals surface area contributed by atoms with Gasteiger partial charge in [0.05, 0.1) is 10.7 Å². The Kier molecular flexibility index (Phi) is 5.50. The fourth-order valence-corrected chi connectivity index (χ4v) is 4.84. The van der Waals surface area contributed by atoms with Crippen molar-refractivity contribution in [3.05, 3.63) is 41.0 Å². The largest absolute Gasteiger partial charge is 0.350 e. The number of rotatable bonds is 4. The van der Waals surface area contributed by atoms with Crippen LogP contribution in [0, 0.1) is 5.92 Å². The van der Waals surface area contributed by atoms with Gasteiger partial charge < -0.3 is 10.2 Å². The van der Waals surface area contributed by atoms with Crippen molar-refractivity contribution in [2.75, 3.05) is 19.6 Å². The molecule has 5 nitrogen and oxygen atoms in total. The number of aryl methyl sites for hydroxylation is 1. The highest BCUT2D eigenvalue weighted by Gasteiger charge is 2.33. The maximum atomic E-state index is 12.8. The van der Waals surface area contributed by atoms with Crippen LogP contribution in [0.1, 0.15) is 42.6 Å². The third kappa shape index (κ3) is 3.90. The zero-order chi connectivity index (χ0) is 18.8. The maximum absolute atomic E-state index is 12.8. The number of hydrogen-bond acceptors (Lipinski definition) is 3. The smallest absolute Gasteiger partial charge is 0.269 e. The second-order valence-corrected chi connectivity index (χ2v) is 8.14. The standard InChI is InChI=1S/C21H27ClN4O/c1-25-20(13-18(24-25)16-8-2-3-9-17(16)22)21(27)23-14-15-7-6-12-26-11-5-4-10-19(15)26/h2-3,8-9,13,15,19H,4-7,10-12,14H2,1H3,(H,23,27). The van der Waals surface area contributed by atoms with Crippen molar-refractivity contribution in [2.24, 2.45) is 13.0 Å². The van der Waals surface area contributed by atoms with E-state index >= 15 is 0 Å². The minimum absolute atomic E-state index is 0.0590. The first kappa shape index (κ1) is 18.5. The Morgan fingerprint density at radius 3 is 2.89 bits per heavy atom. The van der Waals surface area contributed by atoms with Crippen LogP contribution in [0.25, 0.3) is 11.3 Å². The summed E-state index contributed by atoms with van der Waals surface area (Å²) < 4.78 is 1.64. The van der Waals surface area contributed by atoms with Crippen LogP contribution in [0.5, 0.6) is 0 Å². The fourth-order valence-electron chi connectivity index (χ4n) is 4.61. The van der Waals surface area contributed by atoms with Crippen LogP contribution in [-0.2, 0) is 7.05 Å². The van der Waals surface area contributed by atoms with E-state index in [2.05, 4.69) is 15.3 Å². The van der Waals surface area contributed by atoms with Gasteiger partial charge >= 0.3 is 0 Å². The molecule has 2 aliphatic rings. The van der Waals surface area contributed by atoms with Crippen molar-refractivity contribution in [1.82, 2.24) is 20.0 Å². The van der Waals surface area contributed by atoms with Crippen molar-refractivity contribution in [1.29, 1.82) is 0 Å². The number of benzene rings is 1. The second kappa shape index (κ2) is 8.03. The van der Waals surface area contributed by atoms with Crippen LogP contribution in [0.3, 0.4) is 0 Å². The molecule has 27 heavy (non-hydrogen) atoms. The lowest BCUT2D eigenvalue weighted by Crippen LogP contribution is -2.51. The minimum Gasteiger partial charge on any atom is -0.350 e. The monoisotopic (exact) mass is 386 g/mol. The summed E-state index contributed by atoms with van der Waals surface area (Å²) in [5, 5.41) is 8.29. The summed E-state index contributed by atoms with van der Waals surface area (Å²) in [6.45, 7) is 3.18. The van der Waals surface area contributed by atoms with E-state index in [1.165, 1.54) is 45.2 Å². The Morgan fingerprint density at radius 1 is 1.22 bits per heavy atom. The predicted octanol–water partition coefficient (Wildman–Crippen LogP) is 3.73. The summed E-state index contributed by atoms with van der Waals surface area (Å²) >= 11 is 6.27. The normalized spacial score (nSPS) is 23.0. The first-order valence-corrected chi connectivity index (χ1v) is 10.3. The molecule has 0 bridgehead atoms. The Hall–Kier alpha value is -1.85. The molecule has 0 spiro atoms. The molecule has 1 N–H and O–H groups in total. The molecular formula is C21H27ClN4O. The van der Waals surface area contributed by atoms with Crippen LogP contribution < -0.4 is 5.32 Å². The fraction of sp³-hybridized carbons (Fsp3) is 0.524. The Morgan fingerprint density at radius 2 is 2.04 bits per heavy atom. The quantitative estimate of drug-likeness (QED) is 0.870. The maximum Gasteiger partial charge on any atom is 0.269 e. The molecule has 2 unspecified atom stereocenters. The number of aromatic nitrogens is 2. The summed E-state index contributed by atoms with van der Waals surface area (Å²) in [4.78, 5) is 15.4. The molecule has 4 rings (SSSR count). The van der Waals surface area contributed by atoms with E-state index < -0.39 is 0 Å². The van der Waals surface area contributed by atoms with Gasteiger partial charge in [0.15, 0.2) is 0 Å². The molecule has 6 heteroatoms. The van der Waals surface area contributed by atoms with E-state index in [9.17, 15) is 4.79 Å². The molecule has 2 atom stereocenters. The molecule has 1 aromatic heterocycles. The number of hydrogen-bond donors (Lipinski definition) is 1. The van der Waals surface area contributed by atoms with Gasteiger partial charge in [-0.05, 0) is 56.8 Å². The zero-order valence-electron chi connectivity index (χ0n) is 15.8. The third-order valence-corrected chi connectivity index (χ3v) is 6.35. The van der Waals surface area contributed by atoms with E-state index in [4.69, 9.17) is 11.6 Å². The molecule has 2 aliphatic heterocycles. The number of piperidine rings is 2. The number of nitrogens with one attached hydrogen (secondary N) is 1. The van der Waals surface area contributed by atoms with Gasteiger partial charge in [0, 0.05) is 25.2 Å². The number of nitrogens with zero attached hydrogens (tertiary/aromatic N) is 3. The molecule has 2 fully saturated rings. The molecule has 144 valence electrons. The first-order valence-electron chi connectivity index (χ1n) is 9.94. The average Bonchev–Trinajstić information content (AvgIpc) is 3.08. The highest BCUT2D eigenvalue weighted by molar-refractivity contribution is 6.33. The van der Waals surface area contributed by atoms with E-state index in [-0.39, 0.29) is 5.91 Å². The SMILES string of the molecule is Cn1nc(-c2ccccc2Cl)cc1C(=O)NCC1CCCN2CCCCC12. The summed E-state index contributed by atoms with van der Waals surface area (Å²) in [5.41, 5.74) is 2.14. The molecular weight excluding hydrogens is 360 g/mol. The molecule has 1 amide bonds. The average molecular weight is 387 g/mol. The third-order valence-electron chi connectivity index (χ3n) is 6.02. The number of carbonyl (C=O) groups excluding carboxylic acids is 1. The van der Waals surface area contributed by atoms with Crippen molar-refractivity contribution in [3.8, 4) is 11.3 Å². The van der Waals surface area contributed by atoms with Crippen molar-refractivity contribution in [3.63, 3.8) is 0 Å². The Bertz CT molecular complexity index is 816. The molecule has 0 aliphatic carbocycles. The number of fused-ring (bicyclic) bond motifs is 1. The van der Waals surface area contributed by atoms with Gasteiger partial charge in [0.1, 0.15) is 5.69 Å². The molecule has 0 saturated carbocycles. The van der Waals surface area contributed by atoms with Gasteiger partial charge in [-0.2, -0.15) is 5.10 Å². The van der Waals surface area contributed by atoms with Crippen LogP contribution >= 0.6 is 11.6 Å². The zero-order valence-corrected chi connectivity index (χ0v) is 16.6. The van der Waals surface area contributed by atoms with Crippen LogP contribution in [0.2, 0.25) is 5.02 Å². The highest BCUT2D eigenvalue weighted by atomic mass is 35.5. The van der Waals surface area contributed by atoms with E-state index in [0.717, 1.165) is 17.8 Å². The lowest BCUT2D eigenvalue weighted by atomic mass is 9.83. The van der Waals surface area contributed by atoms with Crippen LogP contribution in [-0.4, -0.2) is 46.3 Å². The van der Waals surface area contributed by atoms with Crippen LogP contribution in [0.4, 0.5) is 0 Å². The van der Waals surface area contributed by atoms with Crippen molar-refractivity contribution < 1.29 is 4.79 Å². The first-order chi connectivity index (χ1) is 13.1. The lowest BCUT2D eigenvalue weighted by molar-refractivity contribution is 0.0574. The van der Waals surface area contributed by atoms with E-state index in [1.54, 1.807) is 11.7 Å². The predicted molar refractivity (Wildman–Crippen MR) is 108 cm³/mol. The van der Waals surface area contributed by atoms with Crippen molar-refractivity contribution in [2.45, 2.75) is 38.1 Å². The summed E-state index contributed by atoms with van der Waals surface area (Å²) in [7, 11) is 1.80. The van der Waals surface area contributed by atoms with Gasteiger partial charge in [0.25, 0.3) is 5.91 Å². The van der Waals surface area contributed by atoms with Gasteiger partial charge in [-0.25, -0.2) is 0 Å². The Labute approximate surface area is 165 Å². The van der Waals surface area contributed by atoms with E-state index in [1.807, 2.05) is 30.3 Å². The Balaban J connectivity index is 1.43. The van der Waals surface area contributed by atoms with Gasteiger partial charge in [-0.3, -0.25) is 9.48 Å². The van der Waals surface area contributed by atoms with Crippen molar-refractivity contribution >= 4 is 17.5 Å². The summed E-state index contributed by atoms with van der Waals surface area (Å²) in [5.74, 6) is 0.496. The minimum atomic E-state index is -0.0590. The molecule has 1 aromatic carbocycles. The topological polar surface area (TPSA) is 50.2 Å². The lowest BCUT2D eigenvalue weighted by Gasteiger charge is -2.44. The number of halogens is 1. The summed E-state index contributed by atoms with van der Waals surface area (Å²) in [6, 6.07) is 10.0. The second-order valence-electron chi connectivity index (χ2n) is 7.73. The van der Waals surface area contributed by atoms with Gasteiger partial charge in [-0.1, -0.05) is 36.2 Å². The summed E-state index contributed by atoms with van der Waals surface area (Å²) in [6.07, 6.45) is 6.34.